The SMILES string of the molecule is O=C(c1cc2ccccc2o1)N1CCS[C@@H](c2ccccc2F)CC1. The number of amides is 1. The van der Waals surface area contributed by atoms with E-state index < -0.39 is 0 Å². The molecule has 3 nitrogen and oxygen atoms in total. The molecular formula is C20H18FNO2S. The van der Waals surface area contributed by atoms with Gasteiger partial charge in [-0.2, -0.15) is 11.8 Å². The maximum Gasteiger partial charge on any atom is 0.289 e. The highest BCUT2D eigenvalue weighted by molar-refractivity contribution is 7.99. The quantitative estimate of drug-likeness (QED) is 0.656. The van der Waals surface area contributed by atoms with Crippen LogP contribution in [0.3, 0.4) is 0 Å². The fourth-order valence-corrected chi connectivity index (χ4v) is 4.45. The van der Waals surface area contributed by atoms with E-state index in [9.17, 15) is 9.18 Å². The summed E-state index contributed by atoms with van der Waals surface area (Å²) >= 11 is 1.71. The third kappa shape index (κ3) is 3.29. The summed E-state index contributed by atoms with van der Waals surface area (Å²) in [5, 5.41) is 1.01. The number of hydrogen-bond acceptors (Lipinski definition) is 3. The number of para-hydroxylation sites is 1. The Morgan fingerprint density at radius 3 is 2.76 bits per heavy atom. The maximum atomic E-state index is 14.0. The highest BCUT2D eigenvalue weighted by Crippen LogP contribution is 2.36. The molecule has 0 radical (unpaired) electrons. The Balaban J connectivity index is 1.50. The van der Waals surface area contributed by atoms with Gasteiger partial charge in [0.05, 0.1) is 0 Å². The van der Waals surface area contributed by atoms with E-state index >= 15 is 0 Å². The van der Waals surface area contributed by atoms with Gasteiger partial charge in [-0.3, -0.25) is 4.79 Å². The lowest BCUT2D eigenvalue weighted by atomic mass is 10.1. The zero-order valence-electron chi connectivity index (χ0n) is 13.7. The summed E-state index contributed by atoms with van der Waals surface area (Å²) in [6.45, 7) is 1.24. The fraction of sp³-hybridized carbons (Fsp3) is 0.250. The molecule has 1 atom stereocenters. The van der Waals surface area contributed by atoms with Crippen molar-refractivity contribution < 1.29 is 13.6 Å². The molecule has 1 amide bonds. The summed E-state index contributed by atoms with van der Waals surface area (Å²) in [5.41, 5.74) is 1.45. The molecule has 3 aromatic rings. The summed E-state index contributed by atoms with van der Waals surface area (Å²) in [6.07, 6.45) is 0.734. The molecule has 5 heteroatoms. The van der Waals surface area contributed by atoms with E-state index in [4.69, 9.17) is 4.42 Å². The minimum atomic E-state index is -0.169. The van der Waals surface area contributed by atoms with E-state index in [1.807, 2.05) is 41.3 Å². The number of nitrogens with zero attached hydrogens (tertiary/aromatic N) is 1. The third-order valence-corrected chi connectivity index (χ3v) is 5.83. The van der Waals surface area contributed by atoms with Crippen LogP contribution in [0.15, 0.2) is 59.0 Å². The first-order valence-electron chi connectivity index (χ1n) is 8.36. The molecule has 1 aliphatic rings. The van der Waals surface area contributed by atoms with Crippen LogP contribution in [0.25, 0.3) is 11.0 Å². The van der Waals surface area contributed by atoms with E-state index in [0.717, 1.165) is 28.7 Å². The minimum Gasteiger partial charge on any atom is -0.451 e. The molecule has 0 unspecified atom stereocenters. The van der Waals surface area contributed by atoms with E-state index in [-0.39, 0.29) is 17.0 Å². The van der Waals surface area contributed by atoms with Crippen molar-refractivity contribution in [2.75, 3.05) is 18.8 Å². The number of rotatable bonds is 2. The standard InChI is InChI=1S/C20H18FNO2S/c21-16-7-3-2-6-15(16)19-9-10-22(11-12-25-19)20(23)18-13-14-5-1-4-8-17(14)24-18/h1-8,13,19H,9-12H2/t19-/m1/s1. The molecule has 1 fully saturated rings. The second-order valence-corrected chi connectivity index (χ2v) is 7.42. The highest BCUT2D eigenvalue weighted by Gasteiger charge is 2.26. The Bertz CT molecular complexity index is 874. The molecule has 1 aliphatic heterocycles. The Morgan fingerprint density at radius 2 is 1.92 bits per heavy atom. The molecule has 1 aromatic heterocycles. The molecule has 0 spiro atoms. The molecule has 0 N–H and O–H groups in total. The van der Waals surface area contributed by atoms with Crippen molar-refractivity contribution in [3.63, 3.8) is 0 Å². The largest absolute Gasteiger partial charge is 0.451 e. The summed E-state index contributed by atoms with van der Waals surface area (Å²) in [7, 11) is 0. The topological polar surface area (TPSA) is 33.5 Å². The van der Waals surface area contributed by atoms with Gasteiger partial charge in [0, 0.05) is 35.0 Å². The lowest BCUT2D eigenvalue weighted by Crippen LogP contribution is -2.32. The summed E-state index contributed by atoms with van der Waals surface area (Å²) in [6, 6.07) is 16.3. The minimum absolute atomic E-state index is 0.0784. The Hall–Kier alpha value is -2.27. The van der Waals surface area contributed by atoms with Crippen LogP contribution in [0, 0.1) is 5.82 Å². The fourth-order valence-electron chi connectivity index (χ4n) is 3.20. The Labute approximate surface area is 149 Å². The molecule has 2 aromatic carbocycles. The summed E-state index contributed by atoms with van der Waals surface area (Å²) in [4.78, 5) is 14.6. The first-order valence-corrected chi connectivity index (χ1v) is 9.41. The number of carbonyl (C=O) groups excluding carboxylic acids is 1. The number of thioether (sulfide) groups is 1. The van der Waals surface area contributed by atoms with Gasteiger partial charge in [0.1, 0.15) is 11.4 Å². The number of carbonyl (C=O) groups is 1. The van der Waals surface area contributed by atoms with Crippen LogP contribution < -0.4 is 0 Å². The molecule has 4 rings (SSSR count). The van der Waals surface area contributed by atoms with E-state index in [1.54, 1.807) is 23.9 Å². The Kier molecular flexibility index (Phi) is 4.49. The maximum absolute atomic E-state index is 14.0. The highest BCUT2D eigenvalue weighted by atomic mass is 32.2. The van der Waals surface area contributed by atoms with Gasteiger partial charge in [0.2, 0.25) is 0 Å². The molecule has 0 aliphatic carbocycles. The number of furan rings is 1. The van der Waals surface area contributed by atoms with Gasteiger partial charge >= 0.3 is 0 Å². The van der Waals surface area contributed by atoms with E-state index in [2.05, 4.69) is 0 Å². The summed E-state index contributed by atoms with van der Waals surface area (Å²) in [5.74, 6) is 0.893. The van der Waals surface area contributed by atoms with Gasteiger partial charge in [0.15, 0.2) is 5.76 Å². The number of fused-ring (bicyclic) bond motifs is 1. The smallest absolute Gasteiger partial charge is 0.289 e. The molecule has 25 heavy (non-hydrogen) atoms. The predicted octanol–water partition coefficient (Wildman–Crippen LogP) is 4.89. The summed E-state index contributed by atoms with van der Waals surface area (Å²) < 4.78 is 19.7. The predicted molar refractivity (Wildman–Crippen MR) is 98.3 cm³/mol. The zero-order valence-corrected chi connectivity index (χ0v) is 14.5. The third-order valence-electron chi connectivity index (χ3n) is 4.52. The average molecular weight is 355 g/mol. The van der Waals surface area contributed by atoms with Crippen LogP contribution in [0.4, 0.5) is 4.39 Å². The van der Waals surface area contributed by atoms with Crippen LogP contribution in [0.5, 0.6) is 0 Å². The van der Waals surface area contributed by atoms with Crippen molar-refractivity contribution in [2.24, 2.45) is 0 Å². The lowest BCUT2D eigenvalue weighted by molar-refractivity contribution is 0.0737. The number of hydrogen-bond donors (Lipinski definition) is 0. The second kappa shape index (κ2) is 6.92. The first-order chi connectivity index (χ1) is 12.2. The van der Waals surface area contributed by atoms with Gasteiger partial charge in [-0.15, -0.1) is 0 Å². The Morgan fingerprint density at radius 1 is 1.12 bits per heavy atom. The molecule has 128 valence electrons. The average Bonchev–Trinajstić information content (AvgIpc) is 2.92. The van der Waals surface area contributed by atoms with Crippen molar-refractivity contribution >= 4 is 28.6 Å². The van der Waals surface area contributed by atoms with Gasteiger partial charge < -0.3 is 9.32 Å². The van der Waals surface area contributed by atoms with Crippen molar-refractivity contribution in [3.8, 4) is 0 Å². The first kappa shape index (κ1) is 16.2. The van der Waals surface area contributed by atoms with Gasteiger partial charge in [-0.25, -0.2) is 4.39 Å². The van der Waals surface area contributed by atoms with Crippen molar-refractivity contribution in [1.82, 2.24) is 4.90 Å². The van der Waals surface area contributed by atoms with Crippen LogP contribution in [0.1, 0.15) is 27.8 Å². The van der Waals surface area contributed by atoms with E-state index in [1.165, 1.54) is 6.07 Å². The zero-order chi connectivity index (χ0) is 17.2. The van der Waals surface area contributed by atoms with Crippen molar-refractivity contribution in [2.45, 2.75) is 11.7 Å². The lowest BCUT2D eigenvalue weighted by Gasteiger charge is -2.19. The van der Waals surface area contributed by atoms with Gasteiger partial charge in [-0.1, -0.05) is 36.4 Å². The molecule has 0 saturated carbocycles. The molecular weight excluding hydrogens is 337 g/mol. The number of halogens is 1. The second-order valence-electron chi connectivity index (χ2n) is 6.11. The van der Waals surface area contributed by atoms with Crippen LogP contribution in [-0.4, -0.2) is 29.6 Å². The van der Waals surface area contributed by atoms with Crippen molar-refractivity contribution in [1.29, 1.82) is 0 Å². The van der Waals surface area contributed by atoms with Crippen LogP contribution in [0.2, 0.25) is 0 Å². The molecule has 2 heterocycles. The number of benzene rings is 2. The monoisotopic (exact) mass is 355 g/mol. The van der Waals surface area contributed by atoms with Crippen LogP contribution in [-0.2, 0) is 0 Å². The molecule has 1 saturated heterocycles. The van der Waals surface area contributed by atoms with Gasteiger partial charge in [0.25, 0.3) is 5.91 Å². The van der Waals surface area contributed by atoms with Crippen molar-refractivity contribution in [3.05, 3.63) is 71.7 Å². The van der Waals surface area contributed by atoms with E-state index in [0.29, 0.717) is 18.8 Å². The normalized spacial score (nSPS) is 18.3. The van der Waals surface area contributed by atoms with Gasteiger partial charge in [-0.05, 0) is 24.6 Å². The molecule has 0 bridgehead atoms. The van der Waals surface area contributed by atoms with Crippen LogP contribution >= 0.6 is 11.8 Å².